The second-order valence-corrected chi connectivity index (χ2v) is 5.41. The van der Waals surface area contributed by atoms with E-state index in [0.29, 0.717) is 6.04 Å². The molecular weight excluding hydrogens is 182 g/mol. The quantitative estimate of drug-likeness (QED) is 0.754. The fraction of sp³-hybridized carbons (Fsp3) is 1.00. The molecule has 1 heterocycles. The van der Waals surface area contributed by atoms with Crippen LogP contribution in [0.25, 0.3) is 0 Å². The van der Waals surface area contributed by atoms with Crippen molar-refractivity contribution >= 4 is 11.8 Å². The maximum absolute atomic E-state index is 5.36. The van der Waals surface area contributed by atoms with Crippen LogP contribution >= 0.6 is 11.8 Å². The lowest BCUT2D eigenvalue weighted by Gasteiger charge is -2.28. The van der Waals surface area contributed by atoms with Gasteiger partial charge in [-0.1, -0.05) is 0 Å². The first-order chi connectivity index (χ1) is 6.14. The predicted octanol–water partition coefficient (Wildman–Crippen LogP) is 1.90. The maximum Gasteiger partial charge on any atom is 0.0746 e. The van der Waals surface area contributed by atoms with Crippen molar-refractivity contribution in [2.45, 2.75) is 38.3 Å². The molecule has 13 heavy (non-hydrogen) atoms. The summed E-state index contributed by atoms with van der Waals surface area (Å²) in [5.74, 6) is 2.60. The Morgan fingerprint density at radius 2 is 2.31 bits per heavy atom. The highest BCUT2D eigenvalue weighted by molar-refractivity contribution is 7.99. The van der Waals surface area contributed by atoms with Crippen LogP contribution in [-0.4, -0.2) is 36.8 Å². The summed E-state index contributed by atoms with van der Waals surface area (Å²) in [7, 11) is 1.78. The Labute approximate surface area is 85.8 Å². The molecule has 0 bridgehead atoms. The van der Waals surface area contributed by atoms with Gasteiger partial charge < -0.3 is 10.1 Å². The molecule has 78 valence electrons. The molecule has 1 aliphatic rings. The Balaban J connectivity index is 2.17. The summed E-state index contributed by atoms with van der Waals surface area (Å²) in [5, 5.41) is 3.57. The van der Waals surface area contributed by atoms with Crippen LogP contribution in [-0.2, 0) is 4.74 Å². The molecule has 1 N–H and O–H groups in total. The van der Waals surface area contributed by atoms with Gasteiger partial charge in [0.25, 0.3) is 0 Å². The van der Waals surface area contributed by atoms with Crippen LogP contribution in [0.1, 0.15) is 26.7 Å². The Morgan fingerprint density at radius 1 is 1.54 bits per heavy atom. The topological polar surface area (TPSA) is 21.3 Å². The maximum atomic E-state index is 5.36. The van der Waals surface area contributed by atoms with Crippen molar-refractivity contribution in [2.24, 2.45) is 0 Å². The molecule has 0 radical (unpaired) electrons. The normalized spacial score (nSPS) is 24.7. The number of hydrogen-bond acceptors (Lipinski definition) is 3. The Kier molecular flexibility index (Phi) is 4.56. The van der Waals surface area contributed by atoms with E-state index in [9.17, 15) is 0 Å². The molecule has 3 heteroatoms. The molecule has 1 saturated heterocycles. The number of ether oxygens (including phenoxy) is 1. The number of thioether (sulfide) groups is 1. The third-order valence-corrected chi connectivity index (χ3v) is 3.74. The first-order valence-corrected chi connectivity index (χ1v) is 6.16. The van der Waals surface area contributed by atoms with E-state index in [1.807, 2.05) is 0 Å². The van der Waals surface area contributed by atoms with Crippen molar-refractivity contribution in [3.63, 3.8) is 0 Å². The SMILES string of the molecule is COC(C)(C)CNC1CCCSC1. The van der Waals surface area contributed by atoms with Crippen molar-refractivity contribution in [1.29, 1.82) is 0 Å². The van der Waals surface area contributed by atoms with Gasteiger partial charge in [-0.2, -0.15) is 11.8 Å². The first-order valence-electron chi connectivity index (χ1n) is 5.00. The summed E-state index contributed by atoms with van der Waals surface area (Å²) >= 11 is 2.06. The van der Waals surface area contributed by atoms with E-state index in [1.54, 1.807) is 7.11 Å². The molecule has 0 amide bonds. The summed E-state index contributed by atoms with van der Waals surface area (Å²) < 4.78 is 5.36. The fourth-order valence-electron chi connectivity index (χ4n) is 1.36. The average molecular weight is 203 g/mol. The van der Waals surface area contributed by atoms with Gasteiger partial charge in [-0.3, -0.25) is 0 Å². The van der Waals surface area contributed by atoms with E-state index in [0.717, 1.165) is 6.54 Å². The molecule has 2 nitrogen and oxygen atoms in total. The molecule has 0 aliphatic carbocycles. The number of methoxy groups -OCH3 is 1. The molecule has 1 unspecified atom stereocenters. The molecule has 0 aromatic rings. The van der Waals surface area contributed by atoms with Gasteiger partial charge in [0.1, 0.15) is 0 Å². The molecule has 0 aromatic heterocycles. The smallest absolute Gasteiger partial charge is 0.0746 e. The molecule has 0 spiro atoms. The zero-order valence-corrected chi connectivity index (χ0v) is 9.75. The molecular formula is C10H21NOS. The minimum absolute atomic E-state index is 0.0257. The highest BCUT2D eigenvalue weighted by Crippen LogP contribution is 2.17. The van der Waals surface area contributed by atoms with Crippen molar-refractivity contribution in [1.82, 2.24) is 5.32 Å². The van der Waals surface area contributed by atoms with Crippen LogP contribution in [0.4, 0.5) is 0 Å². The summed E-state index contributed by atoms with van der Waals surface area (Å²) in [5.41, 5.74) is -0.0257. The molecule has 0 aromatic carbocycles. The zero-order chi connectivity index (χ0) is 9.73. The third-order valence-electron chi connectivity index (χ3n) is 2.53. The Hall–Kier alpha value is 0.270. The number of rotatable bonds is 4. The lowest BCUT2D eigenvalue weighted by molar-refractivity contribution is 0.0213. The van der Waals surface area contributed by atoms with Crippen LogP contribution in [0.5, 0.6) is 0 Å². The Morgan fingerprint density at radius 3 is 2.85 bits per heavy atom. The predicted molar refractivity (Wildman–Crippen MR) is 59.4 cm³/mol. The number of nitrogens with one attached hydrogen (secondary N) is 1. The van der Waals surface area contributed by atoms with Crippen LogP contribution in [0.15, 0.2) is 0 Å². The lowest BCUT2D eigenvalue weighted by atomic mass is 10.1. The average Bonchev–Trinajstić information content (AvgIpc) is 2.17. The molecule has 1 fully saturated rings. The number of hydrogen-bond donors (Lipinski definition) is 1. The van der Waals surface area contributed by atoms with E-state index >= 15 is 0 Å². The standard InChI is InChI=1S/C10H21NOS/c1-10(2,12-3)8-11-9-5-4-6-13-7-9/h9,11H,4-8H2,1-3H3. The van der Waals surface area contributed by atoms with Gasteiger partial charge in [0.05, 0.1) is 5.60 Å². The molecule has 1 atom stereocenters. The van der Waals surface area contributed by atoms with E-state index in [2.05, 4.69) is 30.9 Å². The summed E-state index contributed by atoms with van der Waals surface area (Å²) in [4.78, 5) is 0. The van der Waals surface area contributed by atoms with Gasteiger partial charge in [-0.15, -0.1) is 0 Å². The van der Waals surface area contributed by atoms with Crippen LogP contribution < -0.4 is 5.32 Å². The minimum Gasteiger partial charge on any atom is -0.377 e. The van der Waals surface area contributed by atoms with E-state index in [1.165, 1.54) is 24.3 Å². The lowest BCUT2D eigenvalue weighted by Crippen LogP contribution is -2.43. The monoisotopic (exact) mass is 203 g/mol. The minimum atomic E-state index is -0.0257. The van der Waals surface area contributed by atoms with Gasteiger partial charge in [0.15, 0.2) is 0 Å². The van der Waals surface area contributed by atoms with Crippen LogP contribution in [0.2, 0.25) is 0 Å². The molecule has 0 saturated carbocycles. The van der Waals surface area contributed by atoms with Crippen LogP contribution in [0, 0.1) is 0 Å². The summed E-state index contributed by atoms with van der Waals surface area (Å²) in [6, 6.07) is 0.702. The van der Waals surface area contributed by atoms with Gasteiger partial charge in [0, 0.05) is 25.4 Å². The zero-order valence-electron chi connectivity index (χ0n) is 8.93. The molecule has 1 aliphatic heterocycles. The van der Waals surface area contributed by atoms with Crippen molar-refractivity contribution in [3.05, 3.63) is 0 Å². The van der Waals surface area contributed by atoms with Gasteiger partial charge >= 0.3 is 0 Å². The highest BCUT2D eigenvalue weighted by Gasteiger charge is 2.19. The third kappa shape index (κ3) is 4.34. The summed E-state index contributed by atoms with van der Waals surface area (Å²) in [6.07, 6.45) is 2.68. The molecule has 1 rings (SSSR count). The largest absolute Gasteiger partial charge is 0.377 e. The fourth-order valence-corrected chi connectivity index (χ4v) is 2.47. The first kappa shape index (κ1) is 11.3. The van der Waals surface area contributed by atoms with Gasteiger partial charge in [-0.05, 0) is 32.4 Å². The Bertz CT molecular complexity index is 144. The van der Waals surface area contributed by atoms with Crippen molar-refractivity contribution in [3.8, 4) is 0 Å². The van der Waals surface area contributed by atoms with Gasteiger partial charge in [-0.25, -0.2) is 0 Å². The van der Waals surface area contributed by atoms with E-state index < -0.39 is 0 Å². The van der Waals surface area contributed by atoms with Gasteiger partial charge in [0.2, 0.25) is 0 Å². The second kappa shape index (κ2) is 5.23. The van der Waals surface area contributed by atoms with Crippen molar-refractivity contribution in [2.75, 3.05) is 25.2 Å². The van der Waals surface area contributed by atoms with Crippen molar-refractivity contribution < 1.29 is 4.74 Å². The van der Waals surface area contributed by atoms with E-state index in [-0.39, 0.29) is 5.60 Å². The van der Waals surface area contributed by atoms with Crippen LogP contribution in [0.3, 0.4) is 0 Å². The summed E-state index contributed by atoms with van der Waals surface area (Å²) in [6.45, 7) is 5.20. The highest BCUT2D eigenvalue weighted by atomic mass is 32.2. The second-order valence-electron chi connectivity index (χ2n) is 4.26. The van der Waals surface area contributed by atoms with E-state index in [4.69, 9.17) is 4.74 Å².